The number of halogens is 1. The molecule has 0 atom stereocenters. The van der Waals surface area contributed by atoms with Crippen LogP contribution in [0.1, 0.15) is 32.6 Å². The van der Waals surface area contributed by atoms with Crippen LogP contribution in [0.3, 0.4) is 0 Å². The maximum absolute atomic E-state index is 10.9. The fraction of sp³-hybridized carbons (Fsp3) is 0.727. The Balaban J connectivity index is 2.23. The van der Waals surface area contributed by atoms with Crippen molar-refractivity contribution in [2.75, 3.05) is 6.54 Å². The molecule has 0 bridgehead atoms. The summed E-state index contributed by atoms with van der Waals surface area (Å²) in [4.78, 5) is 10.9. The molecule has 1 fully saturated rings. The van der Waals surface area contributed by atoms with Crippen LogP contribution in [0.5, 0.6) is 0 Å². The van der Waals surface area contributed by atoms with Crippen molar-refractivity contribution in [1.82, 2.24) is 5.32 Å². The molecule has 0 unspecified atom stereocenters. The van der Waals surface area contributed by atoms with Gasteiger partial charge in [0.05, 0.1) is 0 Å². The Bertz CT molecular complexity index is 245. The Morgan fingerprint density at radius 2 is 2.07 bits per heavy atom. The molecular formula is C11H19ClN2O. The molecule has 3 N–H and O–H groups in total. The second-order valence-electron chi connectivity index (χ2n) is 4.29. The van der Waals surface area contributed by atoms with Crippen molar-refractivity contribution in [3.05, 3.63) is 11.1 Å². The van der Waals surface area contributed by atoms with Gasteiger partial charge in [-0.2, -0.15) is 0 Å². The lowest BCUT2D eigenvalue weighted by atomic mass is 9.85. The van der Waals surface area contributed by atoms with Crippen molar-refractivity contribution >= 4 is 17.5 Å². The van der Waals surface area contributed by atoms with Crippen LogP contribution in [0.4, 0.5) is 0 Å². The third-order valence-corrected chi connectivity index (χ3v) is 3.36. The monoisotopic (exact) mass is 230 g/mol. The van der Waals surface area contributed by atoms with Crippen LogP contribution < -0.4 is 11.1 Å². The molecule has 1 rings (SSSR count). The van der Waals surface area contributed by atoms with Gasteiger partial charge in [0.2, 0.25) is 5.91 Å². The maximum Gasteiger partial charge on any atom is 0.220 e. The molecule has 0 heterocycles. The lowest BCUT2D eigenvalue weighted by Crippen LogP contribution is -2.37. The minimum Gasteiger partial charge on any atom is -0.369 e. The number of primary amides is 1. The number of carbonyl (C=O) groups excluding carboxylic acids is 1. The summed E-state index contributed by atoms with van der Waals surface area (Å²) in [6, 6.07) is 0.507. The molecule has 0 aromatic rings. The fourth-order valence-electron chi connectivity index (χ4n) is 1.93. The number of nitrogens with one attached hydrogen (secondary N) is 1. The van der Waals surface area contributed by atoms with E-state index in [1.165, 1.54) is 0 Å². The van der Waals surface area contributed by atoms with Crippen molar-refractivity contribution in [1.29, 1.82) is 0 Å². The van der Waals surface area contributed by atoms with Gasteiger partial charge in [0.15, 0.2) is 0 Å². The van der Waals surface area contributed by atoms with E-state index in [1.54, 1.807) is 5.54 Å². The summed E-state index contributed by atoms with van der Waals surface area (Å²) in [6.07, 6.45) is 3.89. The SMILES string of the molecule is CC(=CCl)CNC1CCC(C(N)=O)CC1. The highest BCUT2D eigenvalue weighted by molar-refractivity contribution is 6.25. The molecule has 1 saturated carbocycles. The Labute approximate surface area is 96.0 Å². The quantitative estimate of drug-likeness (QED) is 0.774. The summed E-state index contributed by atoms with van der Waals surface area (Å²) < 4.78 is 0. The summed E-state index contributed by atoms with van der Waals surface area (Å²) in [7, 11) is 0. The van der Waals surface area contributed by atoms with Crippen LogP contribution in [0.25, 0.3) is 0 Å². The minimum absolute atomic E-state index is 0.0905. The topological polar surface area (TPSA) is 55.1 Å². The number of nitrogens with two attached hydrogens (primary N) is 1. The number of carbonyl (C=O) groups is 1. The maximum atomic E-state index is 10.9. The lowest BCUT2D eigenvalue weighted by molar-refractivity contribution is -0.122. The molecule has 0 aromatic carbocycles. The molecule has 0 radical (unpaired) electrons. The largest absolute Gasteiger partial charge is 0.369 e. The van der Waals surface area contributed by atoms with E-state index < -0.39 is 0 Å². The average molecular weight is 231 g/mol. The predicted octanol–water partition coefficient (Wildman–Crippen LogP) is 1.76. The van der Waals surface area contributed by atoms with E-state index in [0.29, 0.717) is 6.04 Å². The lowest BCUT2D eigenvalue weighted by Gasteiger charge is -2.27. The minimum atomic E-state index is -0.148. The second-order valence-corrected chi connectivity index (χ2v) is 4.51. The van der Waals surface area contributed by atoms with Gasteiger partial charge < -0.3 is 11.1 Å². The van der Waals surface area contributed by atoms with Gasteiger partial charge in [0, 0.05) is 24.0 Å². The summed E-state index contributed by atoms with van der Waals surface area (Å²) in [5, 5.41) is 3.43. The number of rotatable bonds is 4. The van der Waals surface area contributed by atoms with Crippen LogP contribution in [-0.4, -0.2) is 18.5 Å². The van der Waals surface area contributed by atoms with Crippen LogP contribution in [0.15, 0.2) is 11.1 Å². The van der Waals surface area contributed by atoms with E-state index in [9.17, 15) is 4.79 Å². The second kappa shape index (κ2) is 6.13. The van der Waals surface area contributed by atoms with Crippen molar-refractivity contribution < 1.29 is 4.79 Å². The third kappa shape index (κ3) is 4.22. The Morgan fingerprint density at radius 3 is 2.53 bits per heavy atom. The van der Waals surface area contributed by atoms with Crippen LogP contribution >= 0.6 is 11.6 Å². The molecule has 15 heavy (non-hydrogen) atoms. The van der Waals surface area contributed by atoms with Gasteiger partial charge in [-0.1, -0.05) is 11.6 Å². The van der Waals surface area contributed by atoms with Crippen molar-refractivity contribution in [3.8, 4) is 0 Å². The van der Waals surface area contributed by atoms with E-state index in [2.05, 4.69) is 5.32 Å². The van der Waals surface area contributed by atoms with Gasteiger partial charge in [-0.3, -0.25) is 4.79 Å². The van der Waals surface area contributed by atoms with E-state index in [0.717, 1.165) is 37.8 Å². The highest BCUT2D eigenvalue weighted by atomic mass is 35.5. The van der Waals surface area contributed by atoms with Gasteiger partial charge in [0.25, 0.3) is 0 Å². The van der Waals surface area contributed by atoms with Crippen LogP contribution in [0.2, 0.25) is 0 Å². The zero-order chi connectivity index (χ0) is 11.3. The smallest absolute Gasteiger partial charge is 0.220 e. The van der Waals surface area contributed by atoms with Gasteiger partial charge >= 0.3 is 0 Å². The molecule has 3 nitrogen and oxygen atoms in total. The molecule has 0 aliphatic heterocycles. The van der Waals surface area contributed by atoms with Gasteiger partial charge in [-0.25, -0.2) is 0 Å². The van der Waals surface area contributed by atoms with E-state index >= 15 is 0 Å². The molecule has 1 amide bonds. The first-order chi connectivity index (χ1) is 7.13. The molecule has 0 saturated heterocycles. The van der Waals surface area contributed by atoms with Gasteiger partial charge in [-0.15, -0.1) is 0 Å². The molecule has 86 valence electrons. The van der Waals surface area contributed by atoms with Crippen molar-refractivity contribution in [2.24, 2.45) is 11.7 Å². The number of amides is 1. The molecule has 0 spiro atoms. The Morgan fingerprint density at radius 1 is 1.47 bits per heavy atom. The average Bonchev–Trinajstić information content (AvgIpc) is 2.26. The molecule has 0 aromatic heterocycles. The van der Waals surface area contributed by atoms with Crippen LogP contribution in [-0.2, 0) is 4.79 Å². The summed E-state index contributed by atoms with van der Waals surface area (Å²) in [6.45, 7) is 2.82. The zero-order valence-corrected chi connectivity index (χ0v) is 9.89. The van der Waals surface area contributed by atoms with E-state index in [4.69, 9.17) is 17.3 Å². The molecule has 4 heteroatoms. The Kier molecular flexibility index (Phi) is 5.12. The normalized spacial score (nSPS) is 27.7. The number of hydrogen-bond acceptors (Lipinski definition) is 2. The third-order valence-electron chi connectivity index (χ3n) is 2.99. The fourth-order valence-corrected chi connectivity index (χ4v) is 2.00. The summed E-state index contributed by atoms with van der Waals surface area (Å²) >= 11 is 5.57. The highest BCUT2D eigenvalue weighted by Crippen LogP contribution is 2.23. The Hall–Kier alpha value is -0.540. The number of hydrogen-bond donors (Lipinski definition) is 2. The van der Waals surface area contributed by atoms with Crippen molar-refractivity contribution in [2.45, 2.75) is 38.6 Å². The zero-order valence-electron chi connectivity index (χ0n) is 9.13. The first-order valence-corrected chi connectivity index (χ1v) is 5.85. The first kappa shape index (κ1) is 12.5. The first-order valence-electron chi connectivity index (χ1n) is 5.42. The predicted molar refractivity (Wildman–Crippen MR) is 62.6 cm³/mol. The highest BCUT2D eigenvalue weighted by Gasteiger charge is 2.23. The summed E-state index contributed by atoms with van der Waals surface area (Å²) in [5.74, 6) is -0.0574. The molecular weight excluding hydrogens is 212 g/mol. The van der Waals surface area contributed by atoms with Crippen LogP contribution in [0, 0.1) is 5.92 Å². The van der Waals surface area contributed by atoms with Crippen molar-refractivity contribution in [3.63, 3.8) is 0 Å². The standard InChI is InChI=1S/C11H19ClN2O/c1-8(6-12)7-14-10-4-2-9(3-5-10)11(13)15/h6,9-10,14H,2-5,7H2,1H3,(H2,13,15). The summed E-state index contributed by atoms with van der Waals surface area (Å²) in [5.41, 5.74) is 8.00. The molecule has 1 aliphatic carbocycles. The van der Waals surface area contributed by atoms with Gasteiger partial charge in [0.1, 0.15) is 0 Å². The van der Waals surface area contributed by atoms with E-state index in [1.807, 2.05) is 6.92 Å². The molecule has 1 aliphatic rings. The van der Waals surface area contributed by atoms with Gasteiger partial charge in [-0.05, 0) is 38.2 Å². The van der Waals surface area contributed by atoms with E-state index in [-0.39, 0.29) is 11.8 Å².